The fourth-order valence-corrected chi connectivity index (χ4v) is 3.41. The van der Waals surface area contributed by atoms with E-state index < -0.39 is 15.9 Å². The number of anilines is 1. The van der Waals surface area contributed by atoms with Gasteiger partial charge in [0.2, 0.25) is 10.0 Å². The van der Waals surface area contributed by atoms with Gasteiger partial charge in [0.15, 0.2) is 5.82 Å². The maximum atomic E-state index is 12.2. The number of ether oxygens (including phenoxy) is 1. The molecule has 1 aliphatic heterocycles. The number of carbonyl (C=O) groups is 1. The van der Waals surface area contributed by atoms with Crippen molar-refractivity contribution in [3.8, 4) is 0 Å². The van der Waals surface area contributed by atoms with Crippen LogP contribution >= 0.6 is 0 Å². The second-order valence-electron chi connectivity index (χ2n) is 5.35. The summed E-state index contributed by atoms with van der Waals surface area (Å²) in [6.45, 7) is 0.915. The van der Waals surface area contributed by atoms with Gasteiger partial charge in [-0.05, 0) is 37.1 Å². The Labute approximate surface area is 139 Å². The van der Waals surface area contributed by atoms with Crippen LogP contribution in [0.1, 0.15) is 23.2 Å². The van der Waals surface area contributed by atoms with E-state index in [1.165, 1.54) is 36.6 Å². The number of amides is 1. The van der Waals surface area contributed by atoms with Gasteiger partial charge in [-0.1, -0.05) is 5.16 Å². The average molecular weight is 351 g/mol. The molecule has 9 heteroatoms. The van der Waals surface area contributed by atoms with Crippen LogP contribution in [0, 0.1) is 0 Å². The largest absolute Gasteiger partial charge is 0.377 e. The molecular formula is C15H17N3O5S. The molecule has 1 unspecified atom stereocenters. The van der Waals surface area contributed by atoms with E-state index in [4.69, 9.17) is 4.74 Å². The third kappa shape index (κ3) is 3.99. The molecule has 2 heterocycles. The second kappa shape index (κ2) is 7.12. The van der Waals surface area contributed by atoms with E-state index >= 15 is 0 Å². The molecule has 1 saturated heterocycles. The minimum atomic E-state index is -3.63. The molecule has 2 N–H and O–H groups in total. The molecule has 1 atom stereocenters. The van der Waals surface area contributed by atoms with Crippen molar-refractivity contribution in [2.75, 3.05) is 18.5 Å². The van der Waals surface area contributed by atoms with Gasteiger partial charge in [-0.25, -0.2) is 13.1 Å². The lowest BCUT2D eigenvalue weighted by Crippen LogP contribution is -2.31. The maximum absolute atomic E-state index is 12.2. The first-order valence-corrected chi connectivity index (χ1v) is 8.96. The fraction of sp³-hybridized carbons (Fsp3) is 0.333. The lowest BCUT2D eigenvalue weighted by Gasteiger charge is -2.11. The molecule has 3 rings (SSSR count). The summed E-state index contributed by atoms with van der Waals surface area (Å²) in [5, 5.41) is 6.11. The third-order valence-electron chi connectivity index (χ3n) is 3.63. The van der Waals surface area contributed by atoms with Crippen LogP contribution in [0.5, 0.6) is 0 Å². The third-order valence-corrected chi connectivity index (χ3v) is 5.07. The topological polar surface area (TPSA) is 111 Å². The Morgan fingerprint density at radius 2 is 2.04 bits per heavy atom. The lowest BCUT2D eigenvalue weighted by atomic mass is 10.2. The van der Waals surface area contributed by atoms with E-state index in [2.05, 4.69) is 19.7 Å². The van der Waals surface area contributed by atoms with Gasteiger partial charge in [-0.3, -0.25) is 4.79 Å². The summed E-state index contributed by atoms with van der Waals surface area (Å²) < 4.78 is 37.0. The Morgan fingerprint density at radius 3 is 2.67 bits per heavy atom. The number of sulfonamides is 1. The van der Waals surface area contributed by atoms with Crippen molar-refractivity contribution in [3.63, 3.8) is 0 Å². The summed E-state index contributed by atoms with van der Waals surface area (Å²) in [5.74, 6) is -0.116. The van der Waals surface area contributed by atoms with Gasteiger partial charge in [-0.15, -0.1) is 0 Å². The first kappa shape index (κ1) is 16.6. The van der Waals surface area contributed by atoms with E-state index in [1.807, 2.05) is 0 Å². The van der Waals surface area contributed by atoms with Gasteiger partial charge < -0.3 is 14.6 Å². The maximum Gasteiger partial charge on any atom is 0.256 e. The van der Waals surface area contributed by atoms with Crippen LogP contribution in [0.2, 0.25) is 0 Å². The van der Waals surface area contributed by atoms with Gasteiger partial charge >= 0.3 is 0 Å². The molecule has 2 aromatic rings. The van der Waals surface area contributed by atoms with E-state index in [1.54, 1.807) is 0 Å². The SMILES string of the molecule is O=C(Nc1ccon1)c1ccc(S(=O)(=O)NCC2CCCO2)cc1. The van der Waals surface area contributed by atoms with Crippen LogP contribution in [-0.4, -0.2) is 38.7 Å². The normalized spacial score (nSPS) is 17.8. The van der Waals surface area contributed by atoms with Crippen LogP contribution in [0.15, 0.2) is 46.0 Å². The van der Waals surface area contributed by atoms with Crippen molar-refractivity contribution in [2.45, 2.75) is 23.8 Å². The summed E-state index contributed by atoms with van der Waals surface area (Å²) in [6.07, 6.45) is 3.06. The minimum Gasteiger partial charge on any atom is -0.377 e. The van der Waals surface area contributed by atoms with Crippen molar-refractivity contribution < 1.29 is 22.5 Å². The molecule has 1 aliphatic rings. The van der Waals surface area contributed by atoms with Crippen molar-refractivity contribution in [2.24, 2.45) is 0 Å². The molecule has 0 bridgehead atoms. The van der Waals surface area contributed by atoms with E-state index in [9.17, 15) is 13.2 Å². The Hall–Kier alpha value is -2.23. The van der Waals surface area contributed by atoms with Crippen LogP contribution in [0.4, 0.5) is 5.82 Å². The number of hydrogen-bond donors (Lipinski definition) is 2. The second-order valence-corrected chi connectivity index (χ2v) is 7.12. The van der Waals surface area contributed by atoms with Gasteiger partial charge in [0.05, 0.1) is 11.0 Å². The predicted molar refractivity (Wildman–Crippen MR) is 85.1 cm³/mol. The summed E-state index contributed by atoms with van der Waals surface area (Å²) in [4.78, 5) is 12.1. The van der Waals surface area contributed by atoms with Crippen molar-refractivity contribution in [1.82, 2.24) is 9.88 Å². The highest BCUT2D eigenvalue weighted by molar-refractivity contribution is 7.89. The molecule has 0 spiro atoms. The van der Waals surface area contributed by atoms with Crippen LogP contribution < -0.4 is 10.0 Å². The zero-order chi connectivity index (χ0) is 17.0. The fourth-order valence-electron chi connectivity index (χ4n) is 2.34. The van der Waals surface area contributed by atoms with E-state index in [0.29, 0.717) is 12.2 Å². The highest BCUT2D eigenvalue weighted by Gasteiger charge is 2.20. The van der Waals surface area contributed by atoms with Crippen molar-refractivity contribution in [1.29, 1.82) is 0 Å². The predicted octanol–water partition coefficient (Wildman–Crippen LogP) is 1.38. The van der Waals surface area contributed by atoms with Crippen LogP contribution in [-0.2, 0) is 14.8 Å². The summed E-state index contributed by atoms with van der Waals surface area (Å²) in [5.41, 5.74) is 0.316. The molecule has 1 amide bonds. The zero-order valence-corrected chi connectivity index (χ0v) is 13.6. The minimum absolute atomic E-state index is 0.0766. The van der Waals surface area contributed by atoms with Crippen LogP contribution in [0.3, 0.4) is 0 Å². The first-order valence-electron chi connectivity index (χ1n) is 7.48. The highest BCUT2D eigenvalue weighted by Crippen LogP contribution is 2.14. The number of aromatic nitrogens is 1. The zero-order valence-electron chi connectivity index (χ0n) is 12.8. The summed E-state index contributed by atoms with van der Waals surface area (Å²) >= 11 is 0. The number of benzene rings is 1. The molecule has 1 aromatic heterocycles. The Balaban J connectivity index is 1.63. The first-order chi connectivity index (χ1) is 11.5. The van der Waals surface area contributed by atoms with Crippen molar-refractivity contribution in [3.05, 3.63) is 42.2 Å². The molecule has 1 fully saturated rings. The molecule has 1 aromatic carbocycles. The Morgan fingerprint density at radius 1 is 1.25 bits per heavy atom. The molecule has 0 radical (unpaired) electrons. The van der Waals surface area contributed by atoms with Gasteiger partial charge in [0.25, 0.3) is 5.91 Å². The Bertz CT molecular complexity index is 781. The van der Waals surface area contributed by atoms with Gasteiger partial charge in [0, 0.05) is 24.8 Å². The lowest BCUT2D eigenvalue weighted by molar-refractivity contribution is 0.102. The quantitative estimate of drug-likeness (QED) is 0.813. The molecule has 0 saturated carbocycles. The number of hydrogen-bond acceptors (Lipinski definition) is 6. The number of rotatable bonds is 6. The van der Waals surface area contributed by atoms with E-state index in [0.717, 1.165) is 12.8 Å². The molecule has 128 valence electrons. The molecule has 0 aliphatic carbocycles. The van der Waals surface area contributed by atoms with Crippen molar-refractivity contribution >= 4 is 21.7 Å². The standard InChI is InChI=1S/C15H17N3O5S/c19-15(17-14-7-9-23-18-14)11-3-5-13(6-4-11)24(20,21)16-10-12-2-1-8-22-12/h3-7,9,12,16H,1-2,8,10H2,(H,17,18,19). The number of nitrogens with zero attached hydrogens (tertiary/aromatic N) is 1. The average Bonchev–Trinajstić information content (AvgIpc) is 3.27. The molecule has 8 nitrogen and oxygen atoms in total. The van der Waals surface area contributed by atoms with Crippen LogP contribution in [0.25, 0.3) is 0 Å². The number of nitrogens with one attached hydrogen (secondary N) is 2. The van der Waals surface area contributed by atoms with Gasteiger partial charge in [-0.2, -0.15) is 0 Å². The summed E-state index contributed by atoms with van der Waals surface area (Å²) in [6, 6.07) is 7.16. The summed E-state index contributed by atoms with van der Waals surface area (Å²) in [7, 11) is -3.63. The molecule has 24 heavy (non-hydrogen) atoms. The monoisotopic (exact) mass is 351 g/mol. The highest BCUT2D eigenvalue weighted by atomic mass is 32.2. The number of carbonyl (C=O) groups excluding carboxylic acids is 1. The Kier molecular flexibility index (Phi) is 4.93. The van der Waals surface area contributed by atoms with E-state index in [-0.39, 0.29) is 23.4 Å². The smallest absolute Gasteiger partial charge is 0.256 e. The van der Waals surface area contributed by atoms with Gasteiger partial charge in [0.1, 0.15) is 6.26 Å². The molecular weight excluding hydrogens is 334 g/mol.